The van der Waals surface area contributed by atoms with Gasteiger partial charge in [-0.2, -0.15) is 9.97 Å². The fourth-order valence-electron chi connectivity index (χ4n) is 1.73. The zero-order valence-corrected chi connectivity index (χ0v) is 12.3. The van der Waals surface area contributed by atoms with Crippen molar-refractivity contribution in [3.63, 3.8) is 0 Å². The second kappa shape index (κ2) is 6.21. The number of carbonyl (C=O) groups is 1. The Morgan fingerprint density at radius 2 is 2.05 bits per heavy atom. The molecule has 2 rings (SSSR count). The summed E-state index contributed by atoms with van der Waals surface area (Å²) in [5.41, 5.74) is 1.74. The van der Waals surface area contributed by atoms with Crippen LogP contribution >= 0.6 is 0 Å². The van der Waals surface area contributed by atoms with Gasteiger partial charge in [0.15, 0.2) is 0 Å². The molecule has 0 bridgehead atoms. The van der Waals surface area contributed by atoms with Crippen LogP contribution < -0.4 is 14.8 Å². The number of methoxy groups -OCH3 is 2. The summed E-state index contributed by atoms with van der Waals surface area (Å²) in [5, 5.41) is 6.57. The van der Waals surface area contributed by atoms with Crippen LogP contribution in [-0.4, -0.2) is 35.3 Å². The fraction of sp³-hybridized carbons (Fsp3) is 0.385. The van der Waals surface area contributed by atoms with Gasteiger partial charge in [-0.05, 0) is 13.8 Å². The van der Waals surface area contributed by atoms with Crippen LogP contribution in [0.5, 0.6) is 11.9 Å². The second-order valence-electron chi connectivity index (χ2n) is 4.27. The lowest BCUT2D eigenvalue weighted by Gasteiger charge is -2.07. The Kier molecular flexibility index (Phi) is 4.36. The second-order valence-corrected chi connectivity index (χ2v) is 4.27. The Morgan fingerprint density at radius 1 is 1.29 bits per heavy atom. The van der Waals surface area contributed by atoms with Crippen molar-refractivity contribution in [2.24, 2.45) is 0 Å². The Balaban J connectivity index is 2.13. The molecule has 0 aliphatic carbocycles. The molecule has 112 valence electrons. The molecule has 0 spiro atoms. The minimum Gasteiger partial charge on any atom is -0.481 e. The maximum Gasteiger partial charge on any atom is 0.320 e. The third-order valence-corrected chi connectivity index (χ3v) is 2.91. The number of hydrogen-bond acceptors (Lipinski definition) is 7. The average Bonchev–Trinajstić information content (AvgIpc) is 2.83. The first-order valence-electron chi connectivity index (χ1n) is 6.22. The van der Waals surface area contributed by atoms with E-state index in [1.165, 1.54) is 20.3 Å². The van der Waals surface area contributed by atoms with Crippen molar-refractivity contribution in [1.82, 2.24) is 20.4 Å². The average molecular weight is 292 g/mol. The number of ether oxygens (including phenoxy) is 2. The Labute approximate surface area is 121 Å². The van der Waals surface area contributed by atoms with Gasteiger partial charge in [0, 0.05) is 18.2 Å². The summed E-state index contributed by atoms with van der Waals surface area (Å²) in [6, 6.07) is 1.50. The van der Waals surface area contributed by atoms with Crippen molar-refractivity contribution in [3.05, 3.63) is 28.8 Å². The molecule has 0 aliphatic rings. The maximum absolute atomic E-state index is 12.1. The number of amides is 1. The minimum absolute atomic E-state index is 0.0665. The molecule has 2 aromatic heterocycles. The van der Waals surface area contributed by atoms with E-state index in [4.69, 9.17) is 14.0 Å². The van der Waals surface area contributed by atoms with Crippen LogP contribution in [0.3, 0.4) is 0 Å². The van der Waals surface area contributed by atoms with Crippen molar-refractivity contribution in [1.29, 1.82) is 0 Å². The van der Waals surface area contributed by atoms with Crippen molar-refractivity contribution in [3.8, 4) is 11.9 Å². The normalized spacial score (nSPS) is 10.3. The van der Waals surface area contributed by atoms with Gasteiger partial charge in [0.05, 0.1) is 19.9 Å². The molecule has 8 nitrogen and oxygen atoms in total. The number of carbonyl (C=O) groups excluding carboxylic acids is 1. The van der Waals surface area contributed by atoms with E-state index in [1.807, 2.05) is 6.92 Å². The molecule has 0 atom stereocenters. The molecule has 2 aromatic rings. The zero-order chi connectivity index (χ0) is 15.4. The molecule has 0 unspecified atom stereocenters. The number of nitrogens with one attached hydrogen (secondary N) is 1. The molecule has 0 aromatic carbocycles. The molecule has 0 saturated carbocycles. The van der Waals surface area contributed by atoms with Gasteiger partial charge in [0.2, 0.25) is 5.88 Å². The highest BCUT2D eigenvalue weighted by atomic mass is 16.5. The maximum atomic E-state index is 12.1. The van der Waals surface area contributed by atoms with E-state index in [0.29, 0.717) is 12.3 Å². The Morgan fingerprint density at radius 3 is 2.62 bits per heavy atom. The van der Waals surface area contributed by atoms with E-state index in [2.05, 4.69) is 20.4 Å². The highest BCUT2D eigenvalue weighted by Crippen LogP contribution is 2.14. The summed E-state index contributed by atoms with van der Waals surface area (Å²) in [4.78, 5) is 20.0. The third kappa shape index (κ3) is 3.28. The van der Waals surface area contributed by atoms with E-state index in [9.17, 15) is 4.79 Å². The van der Waals surface area contributed by atoms with Gasteiger partial charge in [-0.3, -0.25) is 4.79 Å². The predicted molar refractivity (Wildman–Crippen MR) is 72.3 cm³/mol. The number of nitrogens with zero attached hydrogens (tertiary/aromatic N) is 3. The molecular weight excluding hydrogens is 276 g/mol. The lowest BCUT2D eigenvalue weighted by atomic mass is 10.2. The van der Waals surface area contributed by atoms with E-state index < -0.39 is 0 Å². The van der Waals surface area contributed by atoms with Crippen LogP contribution in [0.1, 0.15) is 27.5 Å². The lowest BCUT2D eigenvalue weighted by molar-refractivity contribution is 0.0944. The van der Waals surface area contributed by atoms with Gasteiger partial charge in [-0.15, -0.1) is 0 Å². The molecule has 21 heavy (non-hydrogen) atoms. The third-order valence-electron chi connectivity index (χ3n) is 2.91. The van der Waals surface area contributed by atoms with Gasteiger partial charge in [0.25, 0.3) is 5.91 Å². The molecular formula is C13H16N4O4. The Bertz CT molecular complexity index is 612. The van der Waals surface area contributed by atoms with Crippen LogP contribution in [0.2, 0.25) is 0 Å². The van der Waals surface area contributed by atoms with Crippen molar-refractivity contribution in [2.45, 2.75) is 20.4 Å². The largest absolute Gasteiger partial charge is 0.481 e. The van der Waals surface area contributed by atoms with Crippen LogP contribution in [0.15, 0.2) is 10.6 Å². The summed E-state index contributed by atoms with van der Waals surface area (Å²) in [5.74, 6) is 0.559. The first-order chi connectivity index (χ1) is 10.0. The Hall–Kier alpha value is -2.64. The summed E-state index contributed by atoms with van der Waals surface area (Å²) >= 11 is 0. The van der Waals surface area contributed by atoms with Crippen molar-refractivity contribution in [2.75, 3.05) is 14.2 Å². The fourth-order valence-corrected chi connectivity index (χ4v) is 1.73. The summed E-state index contributed by atoms with van der Waals surface area (Å²) in [6.45, 7) is 3.90. The van der Waals surface area contributed by atoms with Gasteiger partial charge in [0.1, 0.15) is 11.5 Å². The molecule has 1 N–H and O–H groups in total. The highest BCUT2D eigenvalue weighted by Gasteiger charge is 2.15. The van der Waals surface area contributed by atoms with Crippen LogP contribution in [0, 0.1) is 13.8 Å². The standard InChI is InChI=1S/C13H16N4O4/c1-7-9(8(2)21-17-7)6-14-12(18)10-5-11(19-3)16-13(15-10)20-4/h5H,6H2,1-4H3,(H,14,18). The zero-order valence-electron chi connectivity index (χ0n) is 12.3. The minimum atomic E-state index is -0.367. The lowest BCUT2D eigenvalue weighted by Crippen LogP contribution is -2.24. The van der Waals surface area contributed by atoms with Crippen LogP contribution in [-0.2, 0) is 6.54 Å². The van der Waals surface area contributed by atoms with Gasteiger partial charge in [-0.25, -0.2) is 0 Å². The molecule has 8 heteroatoms. The highest BCUT2D eigenvalue weighted by molar-refractivity contribution is 5.92. The number of aryl methyl sites for hydroxylation is 2. The molecule has 1 amide bonds. The monoisotopic (exact) mass is 292 g/mol. The van der Waals surface area contributed by atoms with E-state index >= 15 is 0 Å². The molecule has 0 aliphatic heterocycles. The predicted octanol–water partition coefficient (Wildman–Crippen LogP) is 1.03. The first kappa shape index (κ1) is 14.8. The summed E-state index contributed by atoms with van der Waals surface area (Å²) in [7, 11) is 2.87. The molecule has 2 heterocycles. The number of hydrogen-bond donors (Lipinski definition) is 1. The number of rotatable bonds is 5. The van der Waals surface area contributed by atoms with Gasteiger partial charge < -0.3 is 19.3 Å². The SMILES string of the molecule is COc1cc(C(=O)NCc2c(C)noc2C)nc(OC)n1. The smallest absolute Gasteiger partial charge is 0.320 e. The van der Waals surface area contributed by atoms with Gasteiger partial charge in [-0.1, -0.05) is 5.16 Å². The molecule has 0 radical (unpaired) electrons. The first-order valence-corrected chi connectivity index (χ1v) is 6.22. The van der Waals surface area contributed by atoms with E-state index in [0.717, 1.165) is 11.3 Å². The van der Waals surface area contributed by atoms with E-state index in [1.54, 1.807) is 6.92 Å². The molecule has 0 saturated heterocycles. The van der Waals surface area contributed by atoms with Crippen LogP contribution in [0.25, 0.3) is 0 Å². The van der Waals surface area contributed by atoms with Crippen molar-refractivity contribution < 1.29 is 18.8 Å². The molecule has 0 fully saturated rings. The topological polar surface area (TPSA) is 99.4 Å². The van der Waals surface area contributed by atoms with Crippen molar-refractivity contribution >= 4 is 5.91 Å². The number of aromatic nitrogens is 3. The summed E-state index contributed by atoms with van der Waals surface area (Å²) < 4.78 is 15.0. The van der Waals surface area contributed by atoms with Crippen LogP contribution in [0.4, 0.5) is 0 Å². The quantitative estimate of drug-likeness (QED) is 0.878. The van der Waals surface area contributed by atoms with E-state index in [-0.39, 0.29) is 23.5 Å². The summed E-state index contributed by atoms with van der Waals surface area (Å²) in [6.07, 6.45) is 0. The van der Waals surface area contributed by atoms with Gasteiger partial charge >= 0.3 is 6.01 Å².